The molecule has 1 aromatic heterocycles. The van der Waals surface area contributed by atoms with Crippen LogP contribution in [0.25, 0.3) is 0 Å². The smallest absolute Gasteiger partial charge is 0.241 e. The average Bonchev–Trinajstić information content (AvgIpc) is 2.55. The lowest BCUT2D eigenvalue weighted by molar-refractivity contribution is -0.127. The summed E-state index contributed by atoms with van der Waals surface area (Å²) in [5.74, 6) is 0.931. The summed E-state index contributed by atoms with van der Waals surface area (Å²) in [5.41, 5.74) is 0.948. The van der Waals surface area contributed by atoms with Gasteiger partial charge in [0.25, 0.3) is 0 Å². The highest BCUT2D eigenvalue weighted by atomic mass is 35.5. The Hall–Kier alpha value is -1.36. The summed E-state index contributed by atoms with van der Waals surface area (Å²) >= 11 is 6.16. The van der Waals surface area contributed by atoms with Crippen LogP contribution < -0.4 is 4.90 Å². The van der Waals surface area contributed by atoms with Crippen LogP contribution in [0.5, 0.6) is 0 Å². The van der Waals surface area contributed by atoms with Crippen LogP contribution in [0.2, 0.25) is 5.15 Å². The van der Waals surface area contributed by atoms with Crippen LogP contribution in [-0.4, -0.2) is 47.5 Å². The van der Waals surface area contributed by atoms with Crippen molar-refractivity contribution in [3.8, 4) is 0 Å². The van der Waals surface area contributed by atoms with Gasteiger partial charge in [-0.1, -0.05) is 24.9 Å². The molecular weight excluding hydrogens is 264 g/mol. The molecule has 0 atom stereocenters. The zero-order valence-electron chi connectivity index (χ0n) is 11.4. The molecule has 0 bridgehead atoms. The highest BCUT2D eigenvalue weighted by Crippen LogP contribution is 2.25. The number of hydrogen-bond acceptors (Lipinski definition) is 4. The summed E-state index contributed by atoms with van der Waals surface area (Å²) in [5, 5.41) is 0.497. The van der Waals surface area contributed by atoms with Crippen LogP contribution in [0.3, 0.4) is 0 Å². The zero-order chi connectivity index (χ0) is 13.8. The Morgan fingerprint density at radius 3 is 2.89 bits per heavy atom. The molecule has 1 fully saturated rings. The molecule has 1 aromatic rings. The second-order valence-electron chi connectivity index (χ2n) is 4.81. The summed E-state index contributed by atoms with van der Waals surface area (Å²) in [4.78, 5) is 24.1. The molecule has 104 valence electrons. The van der Waals surface area contributed by atoms with E-state index in [9.17, 15) is 4.79 Å². The highest BCUT2D eigenvalue weighted by molar-refractivity contribution is 6.30. The van der Waals surface area contributed by atoms with Crippen LogP contribution >= 0.6 is 11.6 Å². The van der Waals surface area contributed by atoms with Crippen molar-refractivity contribution in [3.63, 3.8) is 0 Å². The summed E-state index contributed by atoms with van der Waals surface area (Å²) in [6.07, 6.45) is 4.21. The lowest BCUT2D eigenvalue weighted by Gasteiger charge is -2.23. The standard InChI is InChI=1S/C13H19ClN4O/c1-3-5-10-12(14)15-9-16-13(10)18-7-4-6-17(2)11(19)8-18/h9H,3-8H2,1-2H3. The quantitative estimate of drug-likeness (QED) is 0.793. The number of rotatable bonds is 3. The van der Waals surface area contributed by atoms with Gasteiger partial charge in [0.2, 0.25) is 5.91 Å². The monoisotopic (exact) mass is 282 g/mol. The van der Waals surface area contributed by atoms with E-state index >= 15 is 0 Å². The van der Waals surface area contributed by atoms with E-state index < -0.39 is 0 Å². The van der Waals surface area contributed by atoms with Gasteiger partial charge in [-0.3, -0.25) is 4.79 Å². The van der Waals surface area contributed by atoms with Gasteiger partial charge in [-0.15, -0.1) is 0 Å². The van der Waals surface area contributed by atoms with Crippen molar-refractivity contribution in [2.45, 2.75) is 26.2 Å². The third kappa shape index (κ3) is 3.15. The first-order valence-electron chi connectivity index (χ1n) is 6.61. The Morgan fingerprint density at radius 2 is 2.16 bits per heavy atom. The molecule has 0 N–H and O–H groups in total. The van der Waals surface area contributed by atoms with Crippen molar-refractivity contribution in [2.75, 3.05) is 31.6 Å². The Labute approximate surface area is 118 Å². The first-order chi connectivity index (χ1) is 9.13. The molecule has 1 aliphatic heterocycles. The van der Waals surface area contributed by atoms with Gasteiger partial charge in [-0.05, 0) is 12.8 Å². The summed E-state index contributed by atoms with van der Waals surface area (Å²) in [6, 6.07) is 0. The fraction of sp³-hybridized carbons (Fsp3) is 0.615. The van der Waals surface area contributed by atoms with E-state index in [-0.39, 0.29) is 5.91 Å². The number of anilines is 1. The molecule has 1 aliphatic rings. The predicted molar refractivity (Wildman–Crippen MR) is 75.5 cm³/mol. The second kappa shape index (κ2) is 6.19. The maximum Gasteiger partial charge on any atom is 0.241 e. The molecule has 0 aliphatic carbocycles. The summed E-state index contributed by atoms with van der Waals surface area (Å²) < 4.78 is 0. The molecule has 0 unspecified atom stereocenters. The second-order valence-corrected chi connectivity index (χ2v) is 5.17. The molecule has 1 saturated heterocycles. The third-order valence-electron chi connectivity index (χ3n) is 3.34. The minimum Gasteiger partial charge on any atom is -0.347 e. The van der Waals surface area contributed by atoms with Crippen molar-refractivity contribution in [1.82, 2.24) is 14.9 Å². The minimum atomic E-state index is 0.120. The number of nitrogens with zero attached hydrogens (tertiary/aromatic N) is 4. The van der Waals surface area contributed by atoms with Gasteiger partial charge in [0.1, 0.15) is 17.3 Å². The molecule has 0 saturated carbocycles. The largest absolute Gasteiger partial charge is 0.347 e. The van der Waals surface area contributed by atoms with Gasteiger partial charge in [0, 0.05) is 25.7 Å². The van der Waals surface area contributed by atoms with Gasteiger partial charge >= 0.3 is 0 Å². The SMILES string of the molecule is CCCc1c(Cl)ncnc1N1CCCN(C)C(=O)C1. The minimum absolute atomic E-state index is 0.120. The average molecular weight is 283 g/mol. The maximum absolute atomic E-state index is 12.0. The van der Waals surface area contributed by atoms with Crippen molar-refractivity contribution in [1.29, 1.82) is 0 Å². The summed E-state index contributed by atoms with van der Waals surface area (Å²) in [7, 11) is 1.84. The van der Waals surface area contributed by atoms with Crippen LogP contribution in [0, 0.1) is 0 Å². The number of carbonyl (C=O) groups is 1. The number of likely N-dealkylation sites (N-methyl/N-ethyl adjacent to an activating group) is 1. The van der Waals surface area contributed by atoms with Crippen LogP contribution in [0.1, 0.15) is 25.3 Å². The number of halogens is 1. The molecule has 0 radical (unpaired) electrons. The normalized spacial score (nSPS) is 16.7. The van der Waals surface area contributed by atoms with Crippen LogP contribution in [0.15, 0.2) is 6.33 Å². The molecule has 19 heavy (non-hydrogen) atoms. The van der Waals surface area contributed by atoms with Gasteiger partial charge in [-0.2, -0.15) is 0 Å². The molecule has 0 spiro atoms. The highest BCUT2D eigenvalue weighted by Gasteiger charge is 2.22. The molecule has 1 amide bonds. The molecule has 6 heteroatoms. The van der Waals surface area contributed by atoms with Gasteiger partial charge in [0.15, 0.2) is 0 Å². The Morgan fingerprint density at radius 1 is 1.37 bits per heavy atom. The molecule has 2 heterocycles. The number of aromatic nitrogens is 2. The Kier molecular flexibility index (Phi) is 4.58. The first kappa shape index (κ1) is 14.1. The van der Waals surface area contributed by atoms with Crippen molar-refractivity contribution in [3.05, 3.63) is 17.0 Å². The lowest BCUT2D eigenvalue weighted by Crippen LogP contribution is -2.35. The van der Waals surface area contributed by atoms with Crippen molar-refractivity contribution < 1.29 is 4.79 Å². The zero-order valence-corrected chi connectivity index (χ0v) is 12.2. The predicted octanol–water partition coefficient (Wildman–Crippen LogP) is 1.75. The topological polar surface area (TPSA) is 49.3 Å². The van der Waals surface area contributed by atoms with Gasteiger partial charge < -0.3 is 9.80 Å². The number of amides is 1. The first-order valence-corrected chi connectivity index (χ1v) is 6.99. The van der Waals surface area contributed by atoms with Crippen molar-refractivity contribution in [2.24, 2.45) is 0 Å². The van der Waals surface area contributed by atoms with E-state index in [1.54, 1.807) is 4.90 Å². The van der Waals surface area contributed by atoms with E-state index in [4.69, 9.17) is 11.6 Å². The fourth-order valence-electron chi connectivity index (χ4n) is 2.29. The number of hydrogen-bond donors (Lipinski definition) is 0. The van der Waals surface area contributed by atoms with E-state index in [1.807, 2.05) is 11.9 Å². The van der Waals surface area contributed by atoms with Crippen LogP contribution in [-0.2, 0) is 11.2 Å². The van der Waals surface area contributed by atoms with Gasteiger partial charge in [-0.25, -0.2) is 9.97 Å². The molecule has 5 nitrogen and oxygen atoms in total. The summed E-state index contributed by atoms with van der Waals surface area (Å²) in [6.45, 7) is 4.06. The number of carbonyl (C=O) groups excluding carboxylic acids is 1. The third-order valence-corrected chi connectivity index (χ3v) is 3.67. The van der Waals surface area contributed by atoms with Crippen molar-refractivity contribution >= 4 is 23.3 Å². The molecule has 0 aromatic carbocycles. The van der Waals surface area contributed by atoms with Crippen LogP contribution in [0.4, 0.5) is 5.82 Å². The van der Waals surface area contributed by atoms with E-state index in [0.29, 0.717) is 11.7 Å². The van der Waals surface area contributed by atoms with Gasteiger partial charge in [0.05, 0.1) is 6.54 Å². The van der Waals surface area contributed by atoms with E-state index in [2.05, 4.69) is 16.9 Å². The van der Waals surface area contributed by atoms with E-state index in [1.165, 1.54) is 6.33 Å². The lowest BCUT2D eigenvalue weighted by atomic mass is 10.1. The molecule has 2 rings (SSSR count). The Bertz CT molecular complexity index is 466. The Balaban J connectivity index is 2.30. The molecular formula is C13H19ClN4O. The fourth-order valence-corrected chi connectivity index (χ4v) is 2.51. The van der Waals surface area contributed by atoms with E-state index in [0.717, 1.165) is 43.7 Å². The maximum atomic E-state index is 12.0.